The van der Waals surface area contributed by atoms with Crippen molar-refractivity contribution in [2.24, 2.45) is 0 Å². The average molecular weight is 365 g/mol. The predicted molar refractivity (Wildman–Crippen MR) is 99.4 cm³/mol. The molecular formula is C21H19NO5. The van der Waals surface area contributed by atoms with Crippen LogP contribution in [0.1, 0.15) is 15.9 Å². The van der Waals surface area contributed by atoms with Gasteiger partial charge in [0.05, 0.1) is 20.4 Å². The highest BCUT2D eigenvalue weighted by Gasteiger charge is 2.16. The summed E-state index contributed by atoms with van der Waals surface area (Å²) in [6.45, 7) is 0.0512. The van der Waals surface area contributed by atoms with E-state index in [-0.39, 0.29) is 6.61 Å². The second kappa shape index (κ2) is 8.71. The molecule has 2 aromatic carbocycles. The van der Waals surface area contributed by atoms with Gasteiger partial charge in [-0.25, -0.2) is 4.79 Å². The fourth-order valence-electron chi connectivity index (χ4n) is 2.45. The second-order valence-corrected chi connectivity index (χ2v) is 5.54. The van der Waals surface area contributed by atoms with Crippen LogP contribution >= 0.6 is 0 Å². The number of para-hydroxylation sites is 1. The lowest BCUT2D eigenvalue weighted by Crippen LogP contribution is -2.08. The molecule has 0 unspecified atom stereocenters. The third-order valence-electron chi connectivity index (χ3n) is 3.82. The molecule has 0 aliphatic heterocycles. The average Bonchev–Trinajstić information content (AvgIpc) is 2.73. The number of carbonyl (C=O) groups excluding carboxylic acids is 1. The molecule has 3 rings (SSSR count). The quantitative estimate of drug-likeness (QED) is 0.583. The highest BCUT2D eigenvalue weighted by Crippen LogP contribution is 2.27. The lowest BCUT2D eigenvalue weighted by molar-refractivity contribution is 0.0466. The van der Waals surface area contributed by atoms with Crippen LogP contribution in [0.15, 0.2) is 67.0 Å². The van der Waals surface area contributed by atoms with Crippen LogP contribution in [0.25, 0.3) is 0 Å². The summed E-state index contributed by atoms with van der Waals surface area (Å²) in [5.41, 5.74) is 1.03. The maximum Gasteiger partial charge on any atom is 0.342 e. The fraction of sp³-hybridized carbons (Fsp3) is 0.143. The number of esters is 1. The summed E-state index contributed by atoms with van der Waals surface area (Å²) >= 11 is 0. The molecule has 0 radical (unpaired) electrons. The van der Waals surface area contributed by atoms with E-state index >= 15 is 0 Å². The van der Waals surface area contributed by atoms with E-state index in [1.807, 2.05) is 24.3 Å². The molecule has 0 fully saturated rings. The van der Waals surface area contributed by atoms with E-state index in [0.29, 0.717) is 28.6 Å². The normalized spacial score (nSPS) is 10.1. The lowest BCUT2D eigenvalue weighted by atomic mass is 10.2. The van der Waals surface area contributed by atoms with Gasteiger partial charge in [-0.15, -0.1) is 0 Å². The Bertz CT molecular complexity index is 911. The highest BCUT2D eigenvalue weighted by molar-refractivity contribution is 5.93. The second-order valence-electron chi connectivity index (χ2n) is 5.54. The number of hydrogen-bond donors (Lipinski definition) is 0. The van der Waals surface area contributed by atoms with Gasteiger partial charge in [0.1, 0.15) is 35.2 Å². The summed E-state index contributed by atoms with van der Waals surface area (Å²) in [5.74, 6) is 1.65. The van der Waals surface area contributed by atoms with Gasteiger partial charge in [-0.3, -0.25) is 4.98 Å². The lowest BCUT2D eigenvalue weighted by Gasteiger charge is -2.13. The number of rotatable bonds is 7. The Morgan fingerprint density at radius 3 is 2.52 bits per heavy atom. The van der Waals surface area contributed by atoms with Gasteiger partial charge < -0.3 is 18.9 Å². The zero-order valence-electron chi connectivity index (χ0n) is 15.0. The van der Waals surface area contributed by atoms with E-state index in [4.69, 9.17) is 18.9 Å². The molecule has 0 aliphatic rings. The molecule has 0 N–H and O–H groups in total. The van der Waals surface area contributed by atoms with Crippen molar-refractivity contribution in [2.45, 2.75) is 6.61 Å². The van der Waals surface area contributed by atoms with Crippen molar-refractivity contribution >= 4 is 5.97 Å². The number of methoxy groups -OCH3 is 2. The molecule has 6 heteroatoms. The molecule has 0 spiro atoms. The molecular weight excluding hydrogens is 346 g/mol. The van der Waals surface area contributed by atoms with Crippen LogP contribution in [0.5, 0.6) is 23.0 Å². The number of benzene rings is 2. The van der Waals surface area contributed by atoms with Crippen molar-refractivity contribution in [1.82, 2.24) is 4.98 Å². The van der Waals surface area contributed by atoms with E-state index in [1.54, 1.807) is 42.7 Å². The minimum atomic E-state index is -0.512. The summed E-state index contributed by atoms with van der Waals surface area (Å²) in [6.07, 6.45) is 3.28. The van der Waals surface area contributed by atoms with Crippen LogP contribution in [-0.4, -0.2) is 25.2 Å². The molecule has 0 atom stereocenters. The smallest absolute Gasteiger partial charge is 0.342 e. The van der Waals surface area contributed by atoms with E-state index in [1.165, 1.54) is 14.2 Å². The zero-order valence-corrected chi connectivity index (χ0v) is 15.0. The van der Waals surface area contributed by atoms with Crippen LogP contribution in [0.3, 0.4) is 0 Å². The zero-order chi connectivity index (χ0) is 19.1. The van der Waals surface area contributed by atoms with E-state index < -0.39 is 5.97 Å². The Labute approximate surface area is 157 Å². The van der Waals surface area contributed by atoms with Crippen molar-refractivity contribution in [2.75, 3.05) is 14.2 Å². The third-order valence-corrected chi connectivity index (χ3v) is 3.82. The maximum absolute atomic E-state index is 12.5. The number of hydrogen-bond acceptors (Lipinski definition) is 6. The molecule has 0 amide bonds. The van der Waals surface area contributed by atoms with Gasteiger partial charge in [0.2, 0.25) is 0 Å². The number of aromatic nitrogens is 1. The van der Waals surface area contributed by atoms with Crippen molar-refractivity contribution < 1.29 is 23.7 Å². The van der Waals surface area contributed by atoms with E-state index in [2.05, 4.69) is 4.98 Å². The van der Waals surface area contributed by atoms with Gasteiger partial charge in [0, 0.05) is 11.8 Å². The summed E-state index contributed by atoms with van der Waals surface area (Å²) in [6, 6.07) is 15.9. The molecule has 0 saturated carbocycles. The molecule has 0 saturated heterocycles. The molecule has 27 heavy (non-hydrogen) atoms. The molecule has 3 aromatic rings. The fourth-order valence-corrected chi connectivity index (χ4v) is 2.45. The summed E-state index contributed by atoms with van der Waals surface area (Å²) in [4.78, 5) is 16.6. The first kappa shape index (κ1) is 18.3. The van der Waals surface area contributed by atoms with E-state index in [9.17, 15) is 4.79 Å². The van der Waals surface area contributed by atoms with Crippen LogP contribution < -0.4 is 14.2 Å². The van der Waals surface area contributed by atoms with Crippen molar-refractivity contribution in [1.29, 1.82) is 0 Å². The van der Waals surface area contributed by atoms with Crippen molar-refractivity contribution in [3.8, 4) is 23.0 Å². The first-order valence-corrected chi connectivity index (χ1v) is 8.26. The summed E-state index contributed by atoms with van der Waals surface area (Å²) in [7, 11) is 3.03. The van der Waals surface area contributed by atoms with Gasteiger partial charge in [-0.2, -0.15) is 0 Å². The largest absolute Gasteiger partial charge is 0.497 e. The molecule has 0 aliphatic carbocycles. The number of carbonyl (C=O) groups is 1. The van der Waals surface area contributed by atoms with Crippen molar-refractivity contribution in [3.05, 3.63) is 78.1 Å². The summed E-state index contributed by atoms with van der Waals surface area (Å²) in [5, 5.41) is 0. The van der Waals surface area contributed by atoms with E-state index in [0.717, 1.165) is 5.56 Å². The van der Waals surface area contributed by atoms with Gasteiger partial charge in [0.25, 0.3) is 0 Å². The Morgan fingerprint density at radius 2 is 1.78 bits per heavy atom. The minimum absolute atomic E-state index is 0.0512. The Kier molecular flexibility index (Phi) is 5.89. The molecule has 1 aromatic heterocycles. The topological polar surface area (TPSA) is 66.9 Å². The molecule has 1 heterocycles. The van der Waals surface area contributed by atoms with Gasteiger partial charge >= 0.3 is 5.97 Å². The first-order chi connectivity index (χ1) is 13.2. The molecule has 138 valence electrons. The summed E-state index contributed by atoms with van der Waals surface area (Å²) < 4.78 is 21.7. The Balaban J connectivity index is 1.75. The van der Waals surface area contributed by atoms with Gasteiger partial charge in [0.15, 0.2) is 0 Å². The molecule has 0 bridgehead atoms. The van der Waals surface area contributed by atoms with Crippen LogP contribution in [0, 0.1) is 0 Å². The number of nitrogens with zero attached hydrogens (tertiary/aromatic N) is 1. The van der Waals surface area contributed by atoms with Crippen LogP contribution in [0.4, 0.5) is 0 Å². The number of ether oxygens (including phenoxy) is 4. The monoisotopic (exact) mass is 365 g/mol. The molecule has 6 nitrogen and oxygen atoms in total. The van der Waals surface area contributed by atoms with Crippen LogP contribution in [-0.2, 0) is 11.3 Å². The third kappa shape index (κ3) is 4.55. The van der Waals surface area contributed by atoms with Crippen LogP contribution in [0.2, 0.25) is 0 Å². The Morgan fingerprint density at radius 1 is 0.926 bits per heavy atom. The Hall–Kier alpha value is -3.54. The highest BCUT2D eigenvalue weighted by atomic mass is 16.5. The maximum atomic E-state index is 12.5. The predicted octanol–water partition coefficient (Wildman–Crippen LogP) is 4.25. The standard InChI is InChI=1S/C21H19NO5/c1-24-16-9-10-20(25-2)18(12-16)21(23)26-14-15-6-3-4-8-19(15)27-17-7-5-11-22-13-17/h3-13H,14H2,1-2H3. The first-order valence-electron chi connectivity index (χ1n) is 8.26. The van der Waals surface area contributed by atoms with Gasteiger partial charge in [-0.1, -0.05) is 18.2 Å². The number of pyridine rings is 1. The van der Waals surface area contributed by atoms with Crippen molar-refractivity contribution in [3.63, 3.8) is 0 Å². The van der Waals surface area contributed by atoms with Gasteiger partial charge in [-0.05, 0) is 36.4 Å². The minimum Gasteiger partial charge on any atom is -0.497 e. The SMILES string of the molecule is COc1ccc(OC)c(C(=O)OCc2ccccc2Oc2cccnc2)c1.